The lowest BCUT2D eigenvalue weighted by Gasteiger charge is -2.15. The average Bonchev–Trinajstić information content (AvgIpc) is 3.18. The maximum Gasteiger partial charge on any atom is 0.417 e. The number of nitrogens with zero attached hydrogens (tertiary/aromatic N) is 6. The van der Waals surface area contributed by atoms with Crippen LogP contribution in [0.4, 0.5) is 19.0 Å². The van der Waals surface area contributed by atoms with E-state index in [9.17, 15) is 21.6 Å². The van der Waals surface area contributed by atoms with E-state index in [0.717, 1.165) is 6.07 Å². The molecule has 0 saturated carbocycles. The molecule has 0 spiro atoms. The summed E-state index contributed by atoms with van der Waals surface area (Å²) in [4.78, 5) is 16.7. The number of imidazole rings is 1. The molecule has 9 nitrogen and oxygen atoms in total. The van der Waals surface area contributed by atoms with Crippen LogP contribution in [0.1, 0.15) is 18.1 Å². The molecule has 0 bridgehead atoms. The minimum absolute atomic E-state index is 0.0367. The van der Waals surface area contributed by atoms with Gasteiger partial charge in [-0.05, 0) is 24.3 Å². The minimum Gasteiger partial charge on any atom is -0.373 e. The van der Waals surface area contributed by atoms with Crippen LogP contribution in [0.3, 0.4) is 0 Å². The van der Waals surface area contributed by atoms with Crippen LogP contribution in [0, 0.1) is 11.3 Å². The molecule has 0 aromatic carbocycles. The van der Waals surface area contributed by atoms with Crippen LogP contribution in [-0.4, -0.2) is 45.7 Å². The number of hydrogen-bond acceptors (Lipinski definition) is 8. The molecule has 0 amide bonds. The van der Waals surface area contributed by atoms with Gasteiger partial charge in [0.05, 0.1) is 27.5 Å². The van der Waals surface area contributed by atoms with Crippen molar-refractivity contribution in [2.24, 2.45) is 7.05 Å². The van der Waals surface area contributed by atoms with Gasteiger partial charge in [0, 0.05) is 32.1 Å². The number of rotatable bonds is 5. The Morgan fingerprint density at radius 2 is 1.89 bits per heavy atom. The first-order valence-corrected chi connectivity index (χ1v) is 11.9. The van der Waals surface area contributed by atoms with Gasteiger partial charge in [0.15, 0.2) is 21.3 Å². The molecule has 0 atom stereocenters. The van der Waals surface area contributed by atoms with Crippen molar-refractivity contribution in [2.45, 2.75) is 18.0 Å². The second-order valence-electron chi connectivity index (χ2n) is 7.49. The van der Waals surface area contributed by atoms with E-state index in [4.69, 9.17) is 5.26 Å². The number of nitrogens with one attached hydrogen (secondary N) is 1. The van der Waals surface area contributed by atoms with E-state index in [1.807, 2.05) is 6.07 Å². The summed E-state index contributed by atoms with van der Waals surface area (Å²) in [5.74, 6) is 0.0549. The molecule has 0 aliphatic rings. The third-order valence-electron chi connectivity index (χ3n) is 5.36. The molecule has 4 rings (SSSR count). The van der Waals surface area contributed by atoms with Gasteiger partial charge in [0.2, 0.25) is 0 Å². The van der Waals surface area contributed by atoms with Crippen LogP contribution < -0.4 is 5.32 Å². The number of hydrogen-bond donors (Lipinski definition) is 1. The normalized spacial score (nSPS) is 12.0. The van der Waals surface area contributed by atoms with Crippen molar-refractivity contribution in [1.82, 2.24) is 24.5 Å². The maximum atomic E-state index is 13.2. The topological polar surface area (TPSA) is 126 Å². The fourth-order valence-electron chi connectivity index (χ4n) is 3.50. The van der Waals surface area contributed by atoms with Crippen LogP contribution in [0.25, 0.3) is 33.9 Å². The average molecular weight is 501 g/mol. The number of nitriles is 1. The number of sulfone groups is 1. The predicted octanol–water partition coefficient (Wildman–Crippen LogP) is 3.82. The Labute approximate surface area is 198 Å². The fourth-order valence-corrected chi connectivity index (χ4v) is 4.54. The number of anilines is 1. The van der Waals surface area contributed by atoms with E-state index in [2.05, 4.69) is 25.3 Å². The zero-order valence-electron chi connectivity index (χ0n) is 18.7. The minimum atomic E-state index is -4.61. The molecule has 180 valence electrons. The summed E-state index contributed by atoms with van der Waals surface area (Å²) in [6.07, 6.45) is -2.56. The third-order valence-corrected chi connectivity index (χ3v) is 7.10. The first-order chi connectivity index (χ1) is 16.5. The summed E-state index contributed by atoms with van der Waals surface area (Å²) in [5, 5.41) is 11.9. The molecule has 4 aromatic heterocycles. The van der Waals surface area contributed by atoms with Crippen LogP contribution in [0.2, 0.25) is 0 Å². The first-order valence-electron chi connectivity index (χ1n) is 10.2. The Hall–Kier alpha value is -4.05. The second-order valence-corrected chi connectivity index (χ2v) is 9.73. The first kappa shape index (κ1) is 24.1. The van der Waals surface area contributed by atoms with Gasteiger partial charge < -0.3 is 9.88 Å². The Morgan fingerprint density at radius 1 is 1.14 bits per heavy atom. The molecule has 4 aromatic rings. The third kappa shape index (κ3) is 4.28. The Balaban J connectivity index is 2.01. The van der Waals surface area contributed by atoms with Gasteiger partial charge in [-0.3, -0.25) is 4.98 Å². The van der Waals surface area contributed by atoms with Gasteiger partial charge in [0.1, 0.15) is 23.1 Å². The Kier molecular flexibility index (Phi) is 5.93. The number of aromatic nitrogens is 5. The van der Waals surface area contributed by atoms with Gasteiger partial charge >= 0.3 is 6.18 Å². The van der Waals surface area contributed by atoms with E-state index in [1.165, 1.54) is 30.8 Å². The molecule has 4 heterocycles. The largest absolute Gasteiger partial charge is 0.417 e. The lowest BCUT2D eigenvalue weighted by molar-refractivity contribution is -0.137. The smallest absolute Gasteiger partial charge is 0.373 e. The molecule has 0 radical (unpaired) electrons. The summed E-state index contributed by atoms with van der Waals surface area (Å²) < 4.78 is 67.0. The van der Waals surface area contributed by atoms with Crippen LogP contribution in [0.15, 0.2) is 41.6 Å². The molecular weight excluding hydrogens is 483 g/mol. The highest BCUT2D eigenvalue weighted by Crippen LogP contribution is 2.36. The van der Waals surface area contributed by atoms with Crippen molar-refractivity contribution in [3.05, 3.63) is 47.8 Å². The summed E-state index contributed by atoms with van der Waals surface area (Å²) >= 11 is 0. The van der Waals surface area contributed by atoms with Crippen molar-refractivity contribution in [3.63, 3.8) is 0 Å². The Bertz CT molecular complexity index is 1590. The lowest BCUT2D eigenvalue weighted by Crippen LogP contribution is -2.11. The van der Waals surface area contributed by atoms with E-state index in [0.29, 0.717) is 23.0 Å². The maximum absolute atomic E-state index is 13.2. The van der Waals surface area contributed by atoms with Crippen molar-refractivity contribution >= 4 is 26.8 Å². The highest BCUT2D eigenvalue weighted by atomic mass is 32.2. The fraction of sp³-hybridized carbons (Fsp3) is 0.227. The van der Waals surface area contributed by atoms with E-state index < -0.39 is 21.6 Å². The zero-order chi connectivity index (χ0) is 25.5. The molecule has 0 fully saturated rings. The molecule has 0 aliphatic carbocycles. The molecule has 13 heteroatoms. The van der Waals surface area contributed by atoms with Gasteiger partial charge in [0.25, 0.3) is 0 Å². The molecular formula is C22H18F3N7O2S. The summed E-state index contributed by atoms with van der Waals surface area (Å²) in [5.41, 5.74) is 0.146. The highest BCUT2D eigenvalue weighted by molar-refractivity contribution is 7.91. The lowest BCUT2D eigenvalue weighted by atomic mass is 10.1. The number of alkyl halides is 3. The number of halogens is 3. The molecule has 35 heavy (non-hydrogen) atoms. The van der Waals surface area contributed by atoms with Gasteiger partial charge in [-0.25, -0.2) is 23.4 Å². The standard InChI is InChI=1S/C22H18F3N7O2S/c1-4-35(33,34)17-8-14(15-6-5-12(9-26)10-28-15)19(27-2)31-18(17)21-30-16-7-13(22(23,24)25)11-29-20(16)32(21)3/h5-8,10-11H,4H2,1-3H3,(H,27,31). The van der Waals surface area contributed by atoms with Crippen LogP contribution in [-0.2, 0) is 23.1 Å². The van der Waals surface area contributed by atoms with Crippen molar-refractivity contribution < 1.29 is 21.6 Å². The Morgan fingerprint density at radius 3 is 2.46 bits per heavy atom. The number of pyridine rings is 3. The number of aryl methyl sites for hydroxylation is 1. The summed E-state index contributed by atoms with van der Waals surface area (Å²) in [6, 6.07) is 7.32. The zero-order valence-corrected chi connectivity index (χ0v) is 19.5. The van der Waals surface area contributed by atoms with Crippen molar-refractivity contribution in [3.8, 4) is 28.8 Å². The monoisotopic (exact) mass is 501 g/mol. The van der Waals surface area contributed by atoms with Crippen molar-refractivity contribution in [1.29, 1.82) is 5.26 Å². The molecule has 0 aliphatic heterocycles. The van der Waals surface area contributed by atoms with Crippen LogP contribution in [0.5, 0.6) is 0 Å². The molecule has 0 unspecified atom stereocenters. The van der Waals surface area contributed by atoms with E-state index in [-0.39, 0.29) is 39.1 Å². The molecule has 0 saturated heterocycles. The quantitative estimate of drug-likeness (QED) is 0.437. The highest BCUT2D eigenvalue weighted by Gasteiger charge is 2.32. The summed E-state index contributed by atoms with van der Waals surface area (Å²) in [6.45, 7) is 1.47. The van der Waals surface area contributed by atoms with E-state index >= 15 is 0 Å². The van der Waals surface area contributed by atoms with Gasteiger partial charge in [-0.15, -0.1) is 0 Å². The van der Waals surface area contributed by atoms with Gasteiger partial charge in [-0.2, -0.15) is 18.4 Å². The summed E-state index contributed by atoms with van der Waals surface area (Å²) in [7, 11) is -0.754. The molecule has 1 N–H and O–H groups in total. The van der Waals surface area contributed by atoms with Gasteiger partial charge in [-0.1, -0.05) is 6.92 Å². The second kappa shape index (κ2) is 8.62. The van der Waals surface area contributed by atoms with Crippen molar-refractivity contribution in [2.75, 3.05) is 18.1 Å². The number of fused-ring (bicyclic) bond motifs is 1. The van der Waals surface area contributed by atoms with Crippen LogP contribution >= 0.6 is 0 Å². The predicted molar refractivity (Wildman–Crippen MR) is 122 cm³/mol. The van der Waals surface area contributed by atoms with E-state index in [1.54, 1.807) is 19.2 Å². The SMILES string of the molecule is CCS(=O)(=O)c1cc(-c2ccc(C#N)cn2)c(NC)nc1-c1nc2cc(C(F)(F)F)cnc2n1C.